The molecule has 2 fully saturated rings. The quantitative estimate of drug-likeness (QED) is 0.563. The molecule has 0 saturated heterocycles. The number of hydrogen-bond donors (Lipinski definition) is 0. The minimum atomic E-state index is 0.549. The summed E-state index contributed by atoms with van der Waals surface area (Å²) >= 11 is 0. The van der Waals surface area contributed by atoms with Crippen molar-refractivity contribution in [3.63, 3.8) is 0 Å². The van der Waals surface area contributed by atoms with Gasteiger partial charge in [0.2, 0.25) is 0 Å². The lowest BCUT2D eigenvalue weighted by Gasteiger charge is -2.48. The zero-order valence-corrected chi connectivity index (χ0v) is 10.2. The lowest BCUT2D eigenvalue weighted by molar-refractivity contribution is 0.0340. The molecular weight excluding hydrogens is 168 g/mol. The summed E-state index contributed by atoms with van der Waals surface area (Å²) in [4.78, 5) is 0. The van der Waals surface area contributed by atoms with Crippen LogP contribution in [0.25, 0.3) is 0 Å². The Morgan fingerprint density at radius 1 is 1.07 bits per heavy atom. The third-order valence-corrected chi connectivity index (χ3v) is 4.36. The molecule has 1 spiro atoms. The normalized spacial score (nSPS) is 31.5. The van der Waals surface area contributed by atoms with Crippen molar-refractivity contribution >= 4 is 0 Å². The third-order valence-electron chi connectivity index (χ3n) is 4.36. The van der Waals surface area contributed by atoms with Gasteiger partial charge >= 0.3 is 0 Å². The van der Waals surface area contributed by atoms with E-state index in [1.54, 1.807) is 25.7 Å². The van der Waals surface area contributed by atoms with Crippen LogP contribution in [0.3, 0.4) is 0 Å². The van der Waals surface area contributed by atoms with Gasteiger partial charge in [-0.1, -0.05) is 40.0 Å². The SMILES string of the molecule is CC(C)(C)CC1CCCC2(CCC2)C1. The van der Waals surface area contributed by atoms with E-state index < -0.39 is 0 Å². The minimum absolute atomic E-state index is 0.549. The van der Waals surface area contributed by atoms with E-state index in [0.29, 0.717) is 5.41 Å². The molecule has 0 amide bonds. The first-order chi connectivity index (χ1) is 6.49. The van der Waals surface area contributed by atoms with E-state index >= 15 is 0 Å². The highest BCUT2D eigenvalue weighted by atomic mass is 14.5. The van der Waals surface area contributed by atoms with E-state index in [2.05, 4.69) is 20.8 Å². The summed E-state index contributed by atoms with van der Waals surface area (Å²) in [6.45, 7) is 7.19. The Labute approximate surface area is 89.5 Å². The van der Waals surface area contributed by atoms with Crippen LogP contribution in [0.4, 0.5) is 0 Å². The molecule has 2 saturated carbocycles. The maximum absolute atomic E-state index is 2.40. The summed E-state index contributed by atoms with van der Waals surface area (Å²) in [5.74, 6) is 1.05. The molecule has 0 aliphatic heterocycles. The second kappa shape index (κ2) is 3.54. The zero-order valence-electron chi connectivity index (χ0n) is 10.2. The van der Waals surface area contributed by atoms with Gasteiger partial charge in [0.05, 0.1) is 0 Å². The monoisotopic (exact) mass is 194 g/mol. The Morgan fingerprint density at radius 3 is 2.21 bits per heavy atom. The largest absolute Gasteiger partial charge is 0.0602 e. The van der Waals surface area contributed by atoms with Crippen LogP contribution in [-0.4, -0.2) is 0 Å². The summed E-state index contributed by atoms with van der Waals surface area (Å²) in [6.07, 6.45) is 12.2. The van der Waals surface area contributed by atoms with Crippen LogP contribution in [0.5, 0.6) is 0 Å². The number of hydrogen-bond acceptors (Lipinski definition) is 0. The smallest absolute Gasteiger partial charge is 0.0295 e. The molecule has 1 atom stereocenters. The van der Waals surface area contributed by atoms with E-state index in [9.17, 15) is 0 Å². The molecular formula is C14H26. The molecule has 0 nitrogen and oxygen atoms in total. The van der Waals surface area contributed by atoms with Crippen LogP contribution in [0.1, 0.15) is 72.1 Å². The van der Waals surface area contributed by atoms with Gasteiger partial charge in [0, 0.05) is 0 Å². The minimum Gasteiger partial charge on any atom is -0.0602 e. The first-order valence-corrected chi connectivity index (χ1v) is 6.49. The second-order valence-corrected chi connectivity index (χ2v) is 7.08. The maximum Gasteiger partial charge on any atom is -0.0295 e. The van der Waals surface area contributed by atoms with Crippen LogP contribution in [0.2, 0.25) is 0 Å². The lowest BCUT2D eigenvalue weighted by atomic mass is 9.57. The van der Waals surface area contributed by atoms with Crippen molar-refractivity contribution in [3.8, 4) is 0 Å². The molecule has 82 valence electrons. The summed E-state index contributed by atoms with van der Waals surface area (Å²) < 4.78 is 0. The third kappa shape index (κ3) is 2.32. The van der Waals surface area contributed by atoms with Crippen molar-refractivity contribution in [2.45, 2.75) is 72.1 Å². The molecule has 0 heterocycles. The van der Waals surface area contributed by atoms with Gasteiger partial charge in [-0.05, 0) is 48.9 Å². The van der Waals surface area contributed by atoms with Gasteiger partial charge in [-0.25, -0.2) is 0 Å². The standard InChI is InChI=1S/C14H26/c1-13(2,3)10-12-6-4-7-14(11-12)8-5-9-14/h12H,4-11H2,1-3H3. The van der Waals surface area contributed by atoms with Crippen LogP contribution >= 0.6 is 0 Å². The van der Waals surface area contributed by atoms with Gasteiger partial charge in [0.1, 0.15) is 0 Å². The van der Waals surface area contributed by atoms with E-state index in [-0.39, 0.29) is 0 Å². The Kier molecular flexibility index (Phi) is 2.66. The maximum atomic E-state index is 2.40. The molecule has 2 aliphatic rings. The first-order valence-electron chi connectivity index (χ1n) is 6.49. The molecule has 2 rings (SSSR count). The summed E-state index contributed by atoms with van der Waals surface area (Å²) in [5, 5.41) is 0. The molecule has 0 heteroatoms. The van der Waals surface area contributed by atoms with Crippen LogP contribution < -0.4 is 0 Å². The zero-order chi connectivity index (χ0) is 10.2. The second-order valence-electron chi connectivity index (χ2n) is 7.08. The van der Waals surface area contributed by atoms with Crippen molar-refractivity contribution < 1.29 is 0 Å². The predicted octanol–water partition coefficient (Wildman–Crippen LogP) is 4.78. The van der Waals surface area contributed by atoms with E-state index in [1.807, 2.05) is 0 Å². The van der Waals surface area contributed by atoms with E-state index in [4.69, 9.17) is 0 Å². The summed E-state index contributed by atoms with van der Waals surface area (Å²) in [5.41, 5.74) is 1.39. The fourth-order valence-electron chi connectivity index (χ4n) is 3.75. The van der Waals surface area contributed by atoms with E-state index in [1.165, 1.54) is 25.7 Å². The van der Waals surface area contributed by atoms with Crippen molar-refractivity contribution in [1.29, 1.82) is 0 Å². The predicted molar refractivity (Wildman–Crippen MR) is 62.3 cm³/mol. The molecule has 0 aromatic carbocycles. The van der Waals surface area contributed by atoms with Crippen molar-refractivity contribution in [3.05, 3.63) is 0 Å². The van der Waals surface area contributed by atoms with Crippen LogP contribution in [0.15, 0.2) is 0 Å². The van der Waals surface area contributed by atoms with Crippen molar-refractivity contribution in [2.75, 3.05) is 0 Å². The van der Waals surface area contributed by atoms with E-state index in [0.717, 1.165) is 11.3 Å². The van der Waals surface area contributed by atoms with Gasteiger partial charge in [0.15, 0.2) is 0 Å². The molecule has 14 heavy (non-hydrogen) atoms. The summed E-state index contributed by atoms with van der Waals surface area (Å²) in [6, 6.07) is 0. The van der Waals surface area contributed by atoms with Crippen LogP contribution in [-0.2, 0) is 0 Å². The number of rotatable bonds is 1. The molecule has 0 radical (unpaired) electrons. The van der Waals surface area contributed by atoms with Crippen molar-refractivity contribution in [2.24, 2.45) is 16.7 Å². The fraction of sp³-hybridized carbons (Fsp3) is 1.00. The first kappa shape index (κ1) is 10.5. The Balaban J connectivity index is 1.88. The highest BCUT2D eigenvalue weighted by molar-refractivity contribution is 4.93. The average Bonchev–Trinajstić information content (AvgIpc) is 1.99. The van der Waals surface area contributed by atoms with Gasteiger partial charge in [0.25, 0.3) is 0 Å². The fourth-order valence-corrected chi connectivity index (χ4v) is 3.75. The molecule has 1 unspecified atom stereocenters. The highest BCUT2D eigenvalue weighted by Gasteiger charge is 2.41. The van der Waals surface area contributed by atoms with Crippen molar-refractivity contribution in [1.82, 2.24) is 0 Å². The Bertz CT molecular complexity index is 193. The van der Waals surface area contributed by atoms with Gasteiger partial charge in [-0.3, -0.25) is 0 Å². The Morgan fingerprint density at radius 2 is 1.71 bits per heavy atom. The molecule has 0 aromatic rings. The average molecular weight is 194 g/mol. The molecule has 2 aliphatic carbocycles. The lowest BCUT2D eigenvalue weighted by Crippen LogP contribution is -2.35. The highest BCUT2D eigenvalue weighted by Crippen LogP contribution is 2.54. The van der Waals surface area contributed by atoms with Gasteiger partial charge in [-0.2, -0.15) is 0 Å². The molecule has 0 aromatic heterocycles. The van der Waals surface area contributed by atoms with Gasteiger partial charge in [-0.15, -0.1) is 0 Å². The topological polar surface area (TPSA) is 0 Å². The summed E-state index contributed by atoms with van der Waals surface area (Å²) in [7, 11) is 0. The van der Waals surface area contributed by atoms with Gasteiger partial charge < -0.3 is 0 Å². The Hall–Kier alpha value is 0. The van der Waals surface area contributed by atoms with Crippen LogP contribution in [0, 0.1) is 16.7 Å². The molecule has 0 bridgehead atoms. The molecule has 0 N–H and O–H groups in total.